The number of aromatic nitrogens is 1. The van der Waals surface area contributed by atoms with Crippen LogP contribution in [0.15, 0.2) is 36.5 Å². The Hall–Kier alpha value is -1.94. The van der Waals surface area contributed by atoms with Crippen LogP contribution in [0.4, 0.5) is 4.39 Å². The van der Waals surface area contributed by atoms with Crippen molar-refractivity contribution in [3.05, 3.63) is 58.6 Å². The van der Waals surface area contributed by atoms with Crippen LogP contribution in [0.2, 0.25) is 5.15 Å². The van der Waals surface area contributed by atoms with Gasteiger partial charge in [0.2, 0.25) is 0 Å². The molecule has 0 unspecified atom stereocenters. The normalized spacial score (nSPS) is 10.2. The van der Waals surface area contributed by atoms with Crippen molar-refractivity contribution in [2.24, 2.45) is 0 Å². The van der Waals surface area contributed by atoms with Crippen molar-refractivity contribution < 1.29 is 13.9 Å². The molecule has 0 saturated heterocycles. The zero-order valence-corrected chi connectivity index (χ0v) is 10.2. The molecule has 0 aliphatic rings. The van der Waals surface area contributed by atoms with Crippen LogP contribution in [0, 0.1) is 5.82 Å². The lowest BCUT2D eigenvalue weighted by Gasteiger charge is -2.05. The third-order valence-corrected chi connectivity index (χ3v) is 2.63. The van der Waals surface area contributed by atoms with E-state index in [9.17, 15) is 9.18 Å². The predicted octanol–water partition coefficient (Wildman–Crippen LogP) is 3.11. The number of ether oxygens (including phenoxy) is 1. The molecule has 92 valence electrons. The Balaban J connectivity index is 2.37. The molecule has 0 aliphatic carbocycles. The van der Waals surface area contributed by atoms with Crippen LogP contribution in [0.1, 0.15) is 15.9 Å². The molecule has 5 heteroatoms. The van der Waals surface area contributed by atoms with E-state index in [-0.39, 0.29) is 16.3 Å². The first kappa shape index (κ1) is 12.5. The second-order valence-corrected chi connectivity index (χ2v) is 3.93. The fourth-order valence-electron chi connectivity index (χ4n) is 1.47. The number of hydrogen-bond acceptors (Lipinski definition) is 3. The topological polar surface area (TPSA) is 39.2 Å². The van der Waals surface area contributed by atoms with E-state index in [2.05, 4.69) is 4.98 Å². The lowest BCUT2D eigenvalue weighted by molar-refractivity contribution is 0.103. The average Bonchev–Trinajstić information content (AvgIpc) is 2.38. The summed E-state index contributed by atoms with van der Waals surface area (Å²) in [6.45, 7) is 0. The second kappa shape index (κ2) is 5.14. The number of benzene rings is 1. The van der Waals surface area contributed by atoms with Crippen LogP contribution in [-0.4, -0.2) is 17.9 Å². The number of pyridine rings is 1. The van der Waals surface area contributed by atoms with Gasteiger partial charge in [0.05, 0.1) is 12.7 Å². The minimum absolute atomic E-state index is 0.0278. The van der Waals surface area contributed by atoms with Gasteiger partial charge in [-0.1, -0.05) is 11.6 Å². The van der Waals surface area contributed by atoms with Gasteiger partial charge in [-0.2, -0.15) is 0 Å². The lowest BCUT2D eigenvalue weighted by Crippen LogP contribution is -2.05. The van der Waals surface area contributed by atoms with E-state index in [0.29, 0.717) is 5.75 Å². The molecule has 0 amide bonds. The monoisotopic (exact) mass is 265 g/mol. The first-order chi connectivity index (χ1) is 8.61. The minimum atomic E-state index is -0.630. The van der Waals surface area contributed by atoms with E-state index in [4.69, 9.17) is 16.3 Å². The maximum Gasteiger partial charge on any atom is 0.197 e. The van der Waals surface area contributed by atoms with Gasteiger partial charge in [0.15, 0.2) is 5.78 Å². The third-order valence-electron chi connectivity index (χ3n) is 2.41. The minimum Gasteiger partial charge on any atom is -0.497 e. The van der Waals surface area contributed by atoms with Crippen molar-refractivity contribution in [2.45, 2.75) is 0 Å². The number of ketones is 1. The summed E-state index contributed by atoms with van der Waals surface area (Å²) in [5.41, 5.74) is 0.253. The van der Waals surface area contributed by atoms with Gasteiger partial charge in [0, 0.05) is 17.8 Å². The Morgan fingerprint density at radius 3 is 2.67 bits per heavy atom. The number of carbonyl (C=O) groups excluding carboxylic acids is 1. The van der Waals surface area contributed by atoms with Crippen molar-refractivity contribution in [3.8, 4) is 5.75 Å². The third kappa shape index (κ3) is 2.49. The van der Waals surface area contributed by atoms with Crippen molar-refractivity contribution >= 4 is 17.4 Å². The number of nitrogens with zero attached hydrogens (tertiary/aromatic N) is 1. The quantitative estimate of drug-likeness (QED) is 0.632. The van der Waals surface area contributed by atoms with Crippen LogP contribution in [0.25, 0.3) is 0 Å². The van der Waals surface area contributed by atoms with Crippen molar-refractivity contribution in [3.63, 3.8) is 0 Å². The van der Waals surface area contributed by atoms with Gasteiger partial charge in [-0.05, 0) is 24.3 Å². The van der Waals surface area contributed by atoms with Gasteiger partial charge in [-0.15, -0.1) is 0 Å². The molecule has 0 bridgehead atoms. The molecule has 18 heavy (non-hydrogen) atoms. The summed E-state index contributed by atoms with van der Waals surface area (Å²) in [6, 6.07) is 7.05. The second-order valence-electron chi connectivity index (χ2n) is 3.54. The number of halogens is 2. The molecular weight excluding hydrogens is 257 g/mol. The molecule has 2 rings (SSSR count). The highest BCUT2D eigenvalue weighted by Gasteiger charge is 2.14. The fraction of sp³-hybridized carbons (Fsp3) is 0.0769. The van der Waals surface area contributed by atoms with Crippen LogP contribution in [0.5, 0.6) is 5.75 Å². The largest absolute Gasteiger partial charge is 0.497 e. The Morgan fingerprint density at radius 1 is 1.33 bits per heavy atom. The van der Waals surface area contributed by atoms with E-state index in [1.54, 1.807) is 0 Å². The number of carbonyl (C=O) groups is 1. The summed E-state index contributed by atoms with van der Waals surface area (Å²) in [5.74, 6) is -0.716. The fourth-order valence-corrected chi connectivity index (χ4v) is 1.58. The number of methoxy groups -OCH3 is 1. The smallest absolute Gasteiger partial charge is 0.197 e. The van der Waals surface area contributed by atoms with E-state index in [1.807, 2.05) is 0 Å². The zero-order valence-electron chi connectivity index (χ0n) is 9.48. The summed E-state index contributed by atoms with van der Waals surface area (Å²) < 4.78 is 18.6. The number of hydrogen-bond donors (Lipinski definition) is 0. The first-order valence-electron chi connectivity index (χ1n) is 5.11. The van der Waals surface area contributed by atoms with E-state index >= 15 is 0 Å². The molecule has 0 fully saturated rings. The maximum atomic E-state index is 13.7. The molecule has 0 saturated carbocycles. The highest BCUT2D eigenvalue weighted by Crippen LogP contribution is 2.19. The summed E-state index contributed by atoms with van der Waals surface area (Å²) in [5, 5.41) is 0.279. The number of rotatable bonds is 3. The van der Waals surface area contributed by atoms with Gasteiger partial charge in [-0.3, -0.25) is 4.79 Å². The predicted molar refractivity (Wildman–Crippen MR) is 65.6 cm³/mol. The van der Waals surface area contributed by atoms with Crippen molar-refractivity contribution in [2.75, 3.05) is 7.11 Å². The zero-order chi connectivity index (χ0) is 13.1. The standard InChI is InChI=1S/C13H9ClFNO2/c1-18-9-3-4-10(11(15)6-9)13(17)8-2-5-12(14)16-7-8/h2-7H,1H3. The van der Waals surface area contributed by atoms with Gasteiger partial charge < -0.3 is 4.74 Å². The van der Waals surface area contributed by atoms with E-state index < -0.39 is 11.6 Å². The van der Waals surface area contributed by atoms with Crippen LogP contribution in [0.3, 0.4) is 0 Å². The Kier molecular flexibility index (Phi) is 3.58. The maximum absolute atomic E-state index is 13.7. The summed E-state index contributed by atoms with van der Waals surface area (Å²) in [4.78, 5) is 15.8. The molecule has 0 aliphatic heterocycles. The van der Waals surface area contributed by atoms with Crippen molar-refractivity contribution in [1.82, 2.24) is 4.98 Å². The summed E-state index contributed by atoms with van der Waals surface area (Å²) in [7, 11) is 1.43. The molecule has 0 N–H and O–H groups in total. The van der Waals surface area contributed by atoms with Gasteiger partial charge >= 0.3 is 0 Å². The molecule has 1 heterocycles. The molecule has 1 aromatic carbocycles. The summed E-state index contributed by atoms with van der Waals surface area (Å²) >= 11 is 5.62. The summed E-state index contributed by atoms with van der Waals surface area (Å²) in [6.07, 6.45) is 1.31. The molecule has 3 nitrogen and oxygen atoms in total. The average molecular weight is 266 g/mol. The van der Waals surface area contributed by atoms with E-state index in [0.717, 1.165) is 6.07 Å². The van der Waals surface area contributed by atoms with Crippen molar-refractivity contribution in [1.29, 1.82) is 0 Å². The molecule has 2 aromatic rings. The van der Waals surface area contributed by atoms with Crippen LogP contribution < -0.4 is 4.74 Å². The Morgan fingerprint density at radius 2 is 2.11 bits per heavy atom. The SMILES string of the molecule is COc1ccc(C(=O)c2ccc(Cl)nc2)c(F)c1. The lowest BCUT2D eigenvalue weighted by atomic mass is 10.0. The van der Waals surface area contributed by atoms with E-state index in [1.165, 1.54) is 37.6 Å². The van der Waals surface area contributed by atoms with Gasteiger partial charge in [0.1, 0.15) is 16.7 Å². The molecule has 0 atom stereocenters. The Bertz CT molecular complexity index is 584. The molecule has 0 radical (unpaired) electrons. The van der Waals surface area contributed by atoms with Gasteiger partial charge in [0.25, 0.3) is 0 Å². The molecule has 0 spiro atoms. The Labute approximate surface area is 108 Å². The highest BCUT2D eigenvalue weighted by molar-refractivity contribution is 6.29. The highest BCUT2D eigenvalue weighted by atomic mass is 35.5. The molecular formula is C13H9ClFNO2. The van der Waals surface area contributed by atoms with Gasteiger partial charge in [-0.25, -0.2) is 9.37 Å². The molecule has 1 aromatic heterocycles. The van der Waals surface area contributed by atoms with Crippen LogP contribution >= 0.6 is 11.6 Å². The first-order valence-corrected chi connectivity index (χ1v) is 5.49. The van der Waals surface area contributed by atoms with Crippen LogP contribution in [-0.2, 0) is 0 Å².